The van der Waals surface area contributed by atoms with Crippen LogP contribution in [0.15, 0.2) is 11.0 Å². The number of thioether (sulfide) groups is 1. The van der Waals surface area contributed by atoms with E-state index in [1.54, 1.807) is 17.8 Å². The van der Waals surface area contributed by atoms with Crippen LogP contribution in [0.1, 0.15) is 23.6 Å². The molecule has 4 nitrogen and oxygen atoms in total. The fourth-order valence-electron chi connectivity index (χ4n) is 1.71. The van der Waals surface area contributed by atoms with Gasteiger partial charge >= 0.3 is 0 Å². The highest BCUT2D eigenvalue weighted by Gasteiger charge is 2.21. The highest BCUT2D eigenvalue weighted by molar-refractivity contribution is 7.99. The van der Waals surface area contributed by atoms with Crippen LogP contribution in [0.3, 0.4) is 0 Å². The van der Waals surface area contributed by atoms with Crippen LogP contribution in [0.25, 0.3) is 0 Å². The van der Waals surface area contributed by atoms with E-state index in [2.05, 4.69) is 17.0 Å². The quantitative estimate of drug-likeness (QED) is 0.770. The SMILES string of the molecule is CCSCC(C)NS(=O)(=O)c1cc(CNC)sc1C. The third-order valence-corrected chi connectivity index (χ3v) is 6.53. The van der Waals surface area contributed by atoms with E-state index >= 15 is 0 Å². The van der Waals surface area contributed by atoms with Crippen LogP contribution in [0, 0.1) is 6.92 Å². The number of hydrogen-bond acceptors (Lipinski definition) is 5. The molecule has 1 heterocycles. The molecule has 2 N–H and O–H groups in total. The molecule has 7 heteroatoms. The van der Waals surface area contributed by atoms with E-state index in [0.717, 1.165) is 21.3 Å². The molecule has 0 fully saturated rings. The molecule has 0 spiro atoms. The molecule has 1 atom stereocenters. The molecule has 0 aliphatic heterocycles. The van der Waals surface area contributed by atoms with Crippen LogP contribution in [-0.4, -0.2) is 33.0 Å². The fourth-order valence-corrected chi connectivity index (χ4v) is 5.38. The van der Waals surface area contributed by atoms with Crippen molar-refractivity contribution in [3.8, 4) is 0 Å². The second-order valence-electron chi connectivity index (χ2n) is 4.35. The zero-order valence-electron chi connectivity index (χ0n) is 11.8. The highest BCUT2D eigenvalue weighted by atomic mass is 32.2. The molecular weight excluding hydrogens is 300 g/mol. The van der Waals surface area contributed by atoms with Gasteiger partial charge in [0.1, 0.15) is 0 Å². The number of hydrogen-bond donors (Lipinski definition) is 2. The van der Waals surface area contributed by atoms with Gasteiger partial charge in [-0.15, -0.1) is 11.3 Å². The van der Waals surface area contributed by atoms with Gasteiger partial charge in [0.25, 0.3) is 0 Å². The summed E-state index contributed by atoms with van der Waals surface area (Å²) in [5, 5.41) is 3.04. The van der Waals surface area contributed by atoms with E-state index in [1.165, 1.54) is 11.3 Å². The van der Waals surface area contributed by atoms with Gasteiger partial charge in [-0.25, -0.2) is 13.1 Å². The Balaban J connectivity index is 2.82. The summed E-state index contributed by atoms with van der Waals surface area (Å²) in [7, 11) is -1.55. The predicted molar refractivity (Wildman–Crippen MR) is 84.6 cm³/mol. The van der Waals surface area contributed by atoms with Gasteiger partial charge < -0.3 is 5.32 Å². The van der Waals surface area contributed by atoms with Crippen molar-refractivity contribution < 1.29 is 8.42 Å². The van der Waals surface area contributed by atoms with Crippen molar-refractivity contribution in [2.24, 2.45) is 0 Å². The number of nitrogens with one attached hydrogen (secondary N) is 2. The Labute approximate surface area is 124 Å². The molecule has 0 aromatic carbocycles. The van der Waals surface area contributed by atoms with Crippen molar-refractivity contribution in [3.05, 3.63) is 15.8 Å². The second-order valence-corrected chi connectivity index (χ2v) is 8.69. The minimum atomic E-state index is -3.40. The van der Waals surface area contributed by atoms with Crippen LogP contribution in [0.2, 0.25) is 0 Å². The Hall–Kier alpha value is -0.0800. The Morgan fingerprint density at radius 2 is 2.16 bits per heavy atom. The van der Waals surface area contributed by atoms with E-state index in [9.17, 15) is 8.42 Å². The summed E-state index contributed by atoms with van der Waals surface area (Å²) in [6.45, 7) is 6.52. The third-order valence-electron chi connectivity index (χ3n) is 2.49. The Kier molecular flexibility index (Phi) is 6.82. The van der Waals surface area contributed by atoms with Crippen molar-refractivity contribution in [2.75, 3.05) is 18.6 Å². The van der Waals surface area contributed by atoms with Gasteiger partial charge in [-0.05, 0) is 32.7 Å². The number of sulfonamides is 1. The first-order valence-electron chi connectivity index (χ1n) is 6.24. The first kappa shape index (κ1) is 17.0. The molecule has 0 aliphatic carbocycles. The molecule has 0 bridgehead atoms. The normalized spacial score (nSPS) is 13.7. The maximum atomic E-state index is 12.3. The standard InChI is InChI=1S/C12H22N2O2S3/c1-5-17-8-9(2)14-19(15,16)12-6-11(7-13-4)18-10(12)3/h6,9,13-14H,5,7-8H2,1-4H3. The minimum Gasteiger partial charge on any atom is -0.315 e. The number of rotatable bonds is 8. The molecule has 0 saturated heterocycles. The molecule has 0 amide bonds. The van der Waals surface area contributed by atoms with Crippen LogP contribution >= 0.6 is 23.1 Å². The molecule has 1 rings (SSSR count). The van der Waals surface area contributed by atoms with Crippen molar-refractivity contribution in [1.29, 1.82) is 0 Å². The summed E-state index contributed by atoms with van der Waals surface area (Å²) >= 11 is 3.26. The van der Waals surface area contributed by atoms with Crippen molar-refractivity contribution in [1.82, 2.24) is 10.0 Å². The largest absolute Gasteiger partial charge is 0.315 e. The summed E-state index contributed by atoms with van der Waals surface area (Å²) in [5.74, 6) is 1.79. The zero-order valence-corrected chi connectivity index (χ0v) is 14.3. The van der Waals surface area contributed by atoms with Crippen molar-refractivity contribution in [3.63, 3.8) is 0 Å². The summed E-state index contributed by atoms with van der Waals surface area (Å²) in [6, 6.07) is 1.71. The van der Waals surface area contributed by atoms with Crippen LogP contribution in [0.5, 0.6) is 0 Å². The van der Waals surface area contributed by atoms with Gasteiger partial charge in [0.2, 0.25) is 10.0 Å². The first-order valence-corrected chi connectivity index (χ1v) is 9.70. The molecule has 1 aromatic rings. The van der Waals surface area contributed by atoms with Crippen LogP contribution < -0.4 is 10.0 Å². The summed E-state index contributed by atoms with van der Waals surface area (Å²) in [4.78, 5) is 2.29. The molecule has 0 aliphatic rings. The highest BCUT2D eigenvalue weighted by Crippen LogP contribution is 2.25. The van der Waals surface area contributed by atoms with E-state index in [0.29, 0.717) is 11.4 Å². The molecule has 0 saturated carbocycles. The van der Waals surface area contributed by atoms with Crippen LogP contribution in [0.4, 0.5) is 0 Å². The third kappa shape index (κ3) is 5.07. The fraction of sp³-hybridized carbons (Fsp3) is 0.667. The minimum absolute atomic E-state index is 0.0537. The summed E-state index contributed by atoms with van der Waals surface area (Å²) in [5.41, 5.74) is 0. The van der Waals surface area contributed by atoms with Gasteiger partial charge in [-0.2, -0.15) is 11.8 Å². The first-order chi connectivity index (χ1) is 8.90. The second kappa shape index (κ2) is 7.64. The predicted octanol–water partition coefficient (Wildman–Crippen LogP) is 2.20. The zero-order chi connectivity index (χ0) is 14.5. The topological polar surface area (TPSA) is 58.2 Å². The maximum Gasteiger partial charge on any atom is 0.241 e. The lowest BCUT2D eigenvalue weighted by Gasteiger charge is -2.13. The van der Waals surface area contributed by atoms with E-state index in [-0.39, 0.29) is 6.04 Å². The van der Waals surface area contributed by atoms with Gasteiger partial charge in [0.05, 0.1) is 4.90 Å². The monoisotopic (exact) mass is 322 g/mol. The smallest absolute Gasteiger partial charge is 0.241 e. The molecule has 110 valence electrons. The molecular formula is C12H22N2O2S3. The lowest BCUT2D eigenvalue weighted by Crippen LogP contribution is -2.34. The Morgan fingerprint density at radius 1 is 1.47 bits per heavy atom. The Morgan fingerprint density at radius 3 is 2.74 bits per heavy atom. The van der Waals surface area contributed by atoms with Gasteiger partial charge in [0, 0.05) is 28.1 Å². The molecule has 1 aromatic heterocycles. The van der Waals surface area contributed by atoms with Gasteiger partial charge in [-0.1, -0.05) is 6.92 Å². The summed E-state index contributed by atoms with van der Waals surface area (Å²) in [6.07, 6.45) is 0. The number of aryl methyl sites for hydroxylation is 1. The number of thiophene rings is 1. The van der Waals surface area contributed by atoms with E-state index in [1.807, 2.05) is 20.9 Å². The summed E-state index contributed by atoms with van der Waals surface area (Å²) < 4.78 is 27.4. The molecule has 19 heavy (non-hydrogen) atoms. The van der Waals surface area contributed by atoms with Crippen molar-refractivity contribution >= 4 is 33.1 Å². The van der Waals surface area contributed by atoms with E-state index < -0.39 is 10.0 Å². The lowest BCUT2D eigenvalue weighted by atomic mass is 10.4. The molecule has 0 radical (unpaired) electrons. The van der Waals surface area contributed by atoms with E-state index in [4.69, 9.17) is 0 Å². The maximum absolute atomic E-state index is 12.3. The van der Waals surface area contributed by atoms with Gasteiger partial charge in [-0.3, -0.25) is 0 Å². The molecule has 1 unspecified atom stereocenters. The lowest BCUT2D eigenvalue weighted by molar-refractivity contribution is 0.571. The van der Waals surface area contributed by atoms with Crippen LogP contribution in [-0.2, 0) is 16.6 Å². The average Bonchev–Trinajstić information content (AvgIpc) is 2.68. The average molecular weight is 323 g/mol. The van der Waals surface area contributed by atoms with Gasteiger partial charge in [0.15, 0.2) is 0 Å². The Bertz CT molecular complexity index is 497. The van der Waals surface area contributed by atoms with Crippen molar-refractivity contribution in [2.45, 2.75) is 38.3 Å².